The Labute approximate surface area is 207 Å². The van der Waals surface area contributed by atoms with Crippen LogP contribution in [0.25, 0.3) is 0 Å². The van der Waals surface area contributed by atoms with E-state index in [1.807, 2.05) is 18.2 Å². The van der Waals surface area contributed by atoms with Gasteiger partial charge in [-0.05, 0) is 69.0 Å². The molecule has 0 aromatic heterocycles. The second-order valence-electron chi connectivity index (χ2n) is 8.97. The first-order valence-electron chi connectivity index (χ1n) is 12.2. The van der Waals surface area contributed by atoms with E-state index >= 15 is 0 Å². The number of esters is 1. The first kappa shape index (κ1) is 26.0. The molecule has 0 saturated heterocycles. The van der Waals surface area contributed by atoms with Gasteiger partial charge < -0.3 is 15.4 Å². The molecule has 1 heterocycles. The largest absolute Gasteiger partial charge is 0.459 e. The summed E-state index contributed by atoms with van der Waals surface area (Å²) in [6, 6.07) is 13.7. The molecule has 186 valence electrons. The van der Waals surface area contributed by atoms with E-state index in [-0.39, 0.29) is 18.0 Å². The highest BCUT2D eigenvalue weighted by molar-refractivity contribution is 6.04. The number of nitrogens with zero attached hydrogens (tertiary/aromatic N) is 1. The summed E-state index contributed by atoms with van der Waals surface area (Å²) in [4.78, 5) is 40.4. The van der Waals surface area contributed by atoms with Gasteiger partial charge in [-0.15, -0.1) is 0 Å². The Hall–Kier alpha value is -3.61. The molecule has 1 aliphatic heterocycles. The minimum atomic E-state index is -0.688. The third kappa shape index (κ3) is 6.29. The summed E-state index contributed by atoms with van der Waals surface area (Å²) in [5.41, 5.74) is 3.96. The molecule has 0 radical (unpaired) electrons. The van der Waals surface area contributed by atoms with Crippen LogP contribution >= 0.6 is 0 Å². The van der Waals surface area contributed by atoms with Gasteiger partial charge in [-0.1, -0.05) is 44.5 Å². The number of benzene rings is 2. The molecule has 1 aliphatic rings. The number of unbranched alkanes of at least 4 members (excludes halogenated alkanes) is 1. The van der Waals surface area contributed by atoms with Gasteiger partial charge in [0, 0.05) is 23.5 Å². The van der Waals surface area contributed by atoms with Crippen LogP contribution in [0, 0.1) is 0 Å². The Bertz CT molecular complexity index is 1110. The lowest BCUT2D eigenvalue weighted by Gasteiger charge is -2.35. The Balaban J connectivity index is 1.91. The lowest BCUT2D eigenvalue weighted by Crippen LogP contribution is -2.48. The highest BCUT2D eigenvalue weighted by atomic mass is 16.5. The van der Waals surface area contributed by atoms with Crippen LogP contribution in [0.15, 0.2) is 59.8 Å². The Morgan fingerprint density at radius 3 is 2.46 bits per heavy atom. The van der Waals surface area contributed by atoms with Crippen molar-refractivity contribution in [3.8, 4) is 0 Å². The van der Waals surface area contributed by atoms with Gasteiger partial charge in [-0.3, -0.25) is 9.69 Å². The van der Waals surface area contributed by atoms with E-state index in [9.17, 15) is 14.4 Å². The fourth-order valence-corrected chi connectivity index (χ4v) is 4.05. The van der Waals surface area contributed by atoms with Crippen molar-refractivity contribution in [2.75, 3.05) is 11.9 Å². The molecule has 1 unspecified atom stereocenters. The normalized spacial score (nSPS) is 15.8. The summed E-state index contributed by atoms with van der Waals surface area (Å²) in [5, 5.41) is 5.88. The van der Waals surface area contributed by atoms with Crippen LogP contribution in [-0.2, 0) is 16.0 Å². The summed E-state index contributed by atoms with van der Waals surface area (Å²) in [5.74, 6) is -0.691. The Morgan fingerprint density at radius 1 is 1.11 bits per heavy atom. The zero-order valence-corrected chi connectivity index (χ0v) is 21.2. The fourth-order valence-electron chi connectivity index (χ4n) is 4.05. The van der Waals surface area contributed by atoms with E-state index < -0.39 is 12.0 Å². The summed E-state index contributed by atoms with van der Waals surface area (Å²) in [6.07, 6.45) is 2.36. The molecule has 7 heteroatoms. The zero-order chi connectivity index (χ0) is 25.5. The minimum Gasteiger partial charge on any atom is -0.459 e. The lowest BCUT2D eigenvalue weighted by molar-refractivity contribution is -0.143. The highest BCUT2D eigenvalue weighted by Gasteiger charge is 2.36. The molecule has 0 bridgehead atoms. The quantitative estimate of drug-likeness (QED) is 0.461. The van der Waals surface area contributed by atoms with E-state index in [4.69, 9.17) is 4.74 Å². The van der Waals surface area contributed by atoms with Gasteiger partial charge in [0.15, 0.2) is 0 Å². The van der Waals surface area contributed by atoms with Crippen LogP contribution in [0.2, 0.25) is 0 Å². The van der Waals surface area contributed by atoms with Crippen molar-refractivity contribution in [3.05, 3.63) is 76.5 Å². The number of aryl methyl sites for hydroxylation is 1. The molecule has 1 atom stereocenters. The summed E-state index contributed by atoms with van der Waals surface area (Å²) in [7, 11) is 0. The van der Waals surface area contributed by atoms with Crippen LogP contribution in [0.5, 0.6) is 0 Å². The van der Waals surface area contributed by atoms with Gasteiger partial charge in [-0.25, -0.2) is 9.59 Å². The van der Waals surface area contributed by atoms with Crippen molar-refractivity contribution in [3.63, 3.8) is 0 Å². The first-order chi connectivity index (χ1) is 16.7. The molecule has 7 nitrogen and oxygen atoms in total. The predicted molar refractivity (Wildman–Crippen MR) is 137 cm³/mol. The molecule has 3 amide bonds. The maximum absolute atomic E-state index is 13.1. The van der Waals surface area contributed by atoms with E-state index in [1.165, 1.54) is 0 Å². The number of ether oxygens (including phenoxy) is 1. The van der Waals surface area contributed by atoms with E-state index in [1.54, 1.807) is 56.0 Å². The van der Waals surface area contributed by atoms with Crippen molar-refractivity contribution in [1.82, 2.24) is 10.2 Å². The van der Waals surface area contributed by atoms with Crippen LogP contribution in [0.3, 0.4) is 0 Å². The van der Waals surface area contributed by atoms with Gasteiger partial charge in [0.1, 0.15) is 0 Å². The number of urea groups is 1. The molecule has 0 spiro atoms. The fraction of sp³-hybridized carbons (Fsp3) is 0.393. The van der Waals surface area contributed by atoms with E-state index in [2.05, 4.69) is 24.5 Å². The molecule has 3 rings (SSSR count). The number of allylic oxidation sites excluding steroid dienone is 1. The minimum absolute atomic E-state index is 0.227. The number of hydrogen-bond acceptors (Lipinski definition) is 4. The molecular formula is C28H35N3O4. The Morgan fingerprint density at radius 2 is 1.83 bits per heavy atom. The topological polar surface area (TPSA) is 87.7 Å². The predicted octanol–water partition coefficient (Wildman–Crippen LogP) is 5.59. The Kier molecular flexibility index (Phi) is 8.68. The lowest BCUT2D eigenvalue weighted by atomic mass is 9.94. The number of nitrogens with one attached hydrogen (secondary N) is 2. The number of rotatable bonds is 9. The van der Waals surface area contributed by atoms with Crippen molar-refractivity contribution >= 4 is 23.6 Å². The molecule has 2 aromatic carbocycles. The van der Waals surface area contributed by atoms with E-state index in [0.717, 1.165) is 24.8 Å². The first-order valence-corrected chi connectivity index (χ1v) is 12.2. The monoisotopic (exact) mass is 477 g/mol. The molecule has 0 aliphatic carbocycles. The van der Waals surface area contributed by atoms with Gasteiger partial charge in [-0.2, -0.15) is 0 Å². The average molecular weight is 478 g/mol. The standard InChI is InChI=1S/C28H35N3O4/c1-6-8-16-31-19(5)24(27(33)35-18(3)4)25(30-28(31)34)22-10-9-11-23(17-22)29-26(32)21-14-12-20(7-2)13-15-21/h9-15,17-18,25H,6-8,16H2,1-5H3,(H,29,32)(H,30,34). The average Bonchev–Trinajstić information content (AvgIpc) is 2.83. The molecule has 35 heavy (non-hydrogen) atoms. The van der Waals surface area contributed by atoms with E-state index in [0.29, 0.717) is 34.6 Å². The third-order valence-corrected chi connectivity index (χ3v) is 6.00. The smallest absolute Gasteiger partial charge is 0.338 e. The van der Waals surface area contributed by atoms with Crippen molar-refractivity contribution in [2.45, 2.75) is 66.0 Å². The SMILES string of the molecule is CCCCN1C(=O)NC(c2cccc(NC(=O)c3ccc(CC)cc3)c2)C(C(=O)OC(C)C)=C1C. The molecular weight excluding hydrogens is 442 g/mol. The maximum Gasteiger partial charge on any atom is 0.338 e. The molecule has 0 fully saturated rings. The van der Waals surface area contributed by atoms with Gasteiger partial charge >= 0.3 is 12.0 Å². The van der Waals surface area contributed by atoms with Crippen molar-refractivity contribution < 1.29 is 19.1 Å². The number of carbonyl (C=O) groups excluding carboxylic acids is 3. The third-order valence-electron chi connectivity index (χ3n) is 6.00. The summed E-state index contributed by atoms with van der Waals surface area (Å²) in [6.45, 7) is 10.0. The number of carbonyl (C=O) groups is 3. The van der Waals surface area contributed by atoms with Gasteiger partial charge in [0.05, 0.1) is 17.7 Å². The zero-order valence-electron chi connectivity index (χ0n) is 21.2. The molecule has 2 aromatic rings. The number of anilines is 1. The second kappa shape index (κ2) is 11.7. The molecule has 2 N–H and O–H groups in total. The maximum atomic E-state index is 13.1. The van der Waals surface area contributed by atoms with Crippen molar-refractivity contribution in [2.24, 2.45) is 0 Å². The van der Waals surface area contributed by atoms with Crippen LogP contribution in [0.1, 0.15) is 75.0 Å². The van der Waals surface area contributed by atoms with Gasteiger partial charge in [0.2, 0.25) is 0 Å². The van der Waals surface area contributed by atoms with Crippen LogP contribution in [-0.4, -0.2) is 35.5 Å². The summed E-state index contributed by atoms with van der Waals surface area (Å²) < 4.78 is 5.53. The number of amides is 3. The number of hydrogen-bond donors (Lipinski definition) is 2. The van der Waals surface area contributed by atoms with Crippen molar-refractivity contribution in [1.29, 1.82) is 0 Å². The van der Waals surface area contributed by atoms with Gasteiger partial charge in [0.25, 0.3) is 5.91 Å². The summed E-state index contributed by atoms with van der Waals surface area (Å²) >= 11 is 0. The highest BCUT2D eigenvalue weighted by Crippen LogP contribution is 2.33. The second-order valence-corrected chi connectivity index (χ2v) is 8.97. The molecule has 0 saturated carbocycles. The van der Waals surface area contributed by atoms with Crippen LogP contribution in [0.4, 0.5) is 10.5 Å². The van der Waals surface area contributed by atoms with Crippen LogP contribution < -0.4 is 10.6 Å².